The summed E-state index contributed by atoms with van der Waals surface area (Å²) in [6.45, 7) is 6.00. The molecule has 0 atom stereocenters. The van der Waals surface area contributed by atoms with Gasteiger partial charge in [0.25, 0.3) is 0 Å². The Morgan fingerprint density at radius 3 is 3.00 bits per heavy atom. The normalized spacial score (nSPS) is 17.0. The zero-order valence-corrected chi connectivity index (χ0v) is 5.87. The Bertz CT molecular complexity index is 112. The van der Waals surface area contributed by atoms with Crippen molar-refractivity contribution in [2.75, 3.05) is 13.3 Å². The van der Waals surface area contributed by atoms with Crippen molar-refractivity contribution >= 4 is 6.34 Å². The fourth-order valence-corrected chi connectivity index (χ4v) is 0.810. The maximum Gasteiger partial charge on any atom is 0.190 e. The minimum Gasteiger partial charge on any atom is -0.372 e. The highest BCUT2D eigenvalue weighted by molar-refractivity contribution is 5.54. The lowest BCUT2D eigenvalue weighted by Gasteiger charge is -2.13. The van der Waals surface area contributed by atoms with Crippen LogP contribution in [0.3, 0.4) is 0 Å². The first-order chi connectivity index (χ1) is 4.29. The summed E-state index contributed by atoms with van der Waals surface area (Å²) in [6.07, 6.45) is 1.74. The average molecular weight is 128 g/mol. The summed E-state index contributed by atoms with van der Waals surface area (Å²) >= 11 is 0. The second-order valence-electron chi connectivity index (χ2n) is 2.64. The van der Waals surface area contributed by atoms with E-state index in [2.05, 4.69) is 19.0 Å². The average Bonchev–Trinajstić information content (AvgIpc) is 2.15. The molecule has 0 aromatic rings. The molecule has 3 heteroatoms. The third kappa shape index (κ3) is 1.91. The highest BCUT2D eigenvalue weighted by Gasteiger charge is 2.06. The molecule has 3 nitrogen and oxygen atoms in total. The maximum atomic E-state index is 4.75. The van der Waals surface area contributed by atoms with Gasteiger partial charge in [-0.25, -0.2) is 0 Å². The highest BCUT2D eigenvalue weighted by Crippen LogP contribution is 2.00. The van der Waals surface area contributed by atoms with Crippen molar-refractivity contribution in [2.24, 2.45) is 11.1 Å². The summed E-state index contributed by atoms with van der Waals surface area (Å²) in [5.41, 5.74) is 0. The van der Waals surface area contributed by atoms with Gasteiger partial charge < -0.3 is 9.74 Å². The Kier molecular flexibility index (Phi) is 1.92. The molecule has 52 valence electrons. The summed E-state index contributed by atoms with van der Waals surface area (Å²) in [6, 6.07) is 0. The van der Waals surface area contributed by atoms with E-state index in [1.807, 2.05) is 4.90 Å². The highest BCUT2D eigenvalue weighted by atomic mass is 16.6. The SMILES string of the molecule is CC(C)CN1C=NOC1. The molecule has 0 aromatic heterocycles. The van der Waals surface area contributed by atoms with E-state index in [1.165, 1.54) is 0 Å². The molecule has 0 fully saturated rings. The fourth-order valence-electron chi connectivity index (χ4n) is 0.810. The maximum absolute atomic E-state index is 4.75. The third-order valence-electron chi connectivity index (χ3n) is 1.11. The lowest BCUT2D eigenvalue weighted by Crippen LogP contribution is -2.23. The van der Waals surface area contributed by atoms with Gasteiger partial charge in [0.1, 0.15) is 6.34 Å². The van der Waals surface area contributed by atoms with Crippen LogP contribution in [0.4, 0.5) is 0 Å². The van der Waals surface area contributed by atoms with Gasteiger partial charge in [0.15, 0.2) is 6.73 Å². The predicted octanol–water partition coefficient (Wildman–Crippen LogP) is 0.875. The Labute approximate surface area is 55.3 Å². The van der Waals surface area contributed by atoms with Gasteiger partial charge in [-0.15, -0.1) is 0 Å². The van der Waals surface area contributed by atoms with Crippen molar-refractivity contribution < 1.29 is 4.84 Å². The van der Waals surface area contributed by atoms with Crippen molar-refractivity contribution in [3.05, 3.63) is 0 Å². The lowest BCUT2D eigenvalue weighted by molar-refractivity contribution is 0.105. The molecule has 1 rings (SSSR count). The summed E-state index contributed by atoms with van der Waals surface area (Å²) in [5.74, 6) is 0.679. The van der Waals surface area contributed by atoms with Crippen LogP contribution in [-0.2, 0) is 4.84 Å². The van der Waals surface area contributed by atoms with Crippen LogP contribution >= 0.6 is 0 Å². The summed E-state index contributed by atoms with van der Waals surface area (Å²) in [4.78, 5) is 6.80. The van der Waals surface area contributed by atoms with Crippen LogP contribution in [0.2, 0.25) is 0 Å². The van der Waals surface area contributed by atoms with Crippen molar-refractivity contribution in [2.45, 2.75) is 13.8 Å². The van der Waals surface area contributed by atoms with Crippen LogP contribution in [0.25, 0.3) is 0 Å². The standard InChI is InChI=1S/C6H12N2O/c1-6(2)3-8-4-7-9-5-8/h4,6H,3,5H2,1-2H3. The van der Waals surface area contributed by atoms with Crippen molar-refractivity contribution in [3.63, 3.8) is 0 Å². The van der Waals surface area contributed by atoms with Gasteiger partial charge in [-0.1, -0.05) is 19.0 Å². The van der Waals surface area contributed by atoms with E-state index < -0.39 is 0 Å². The molecule has 0 saturated heterocycles. The van der Waals surface area contributed by atoms with Crippen molar-refractivity contribution in [1.82, 2.24) is 4.90 Å². The minimum atomic E-state index is 0.623. The van der Waals surface area contributed by atoms with Crippen LogP contribution in [-0.4, -0.2) is 24.5 Å². The van der Waals surface area contributed by atoms with Crippen molar-refractivity contribution in [3.8, 4) is 0 Å². The first-order valence-electron chi connectivity index (χ1n) is 3.18. The van der Waals surface area contributed by atoms with Crippen LogP contribution < -0.4 is 0 Å². The molecular weight excluding hydrogens is 116 g/mol. The quantitative estimate of drug-likeness (QED) is 0.551. The molecule has 0 N–H and O–H groups in total. The van der Waals surface area contributed by atoms with Crippen LogP contribution in [0.15, 0.2) is 5.16 Å². The van der Waals surface area contributed by atoms with E-state index in [9.17, 15) is 0 Å². The molecule has 0 aromatic carbocycles. The van der Waals surface area contributed by atoms with Gasteiger partial charge in [-0.2, -0.15) is 0 Å². The second-order valence-corrected chi connectivity index (χ2v) is 2.64. The van der Waals surface area contributed by atoms with E-state index in [-0.39, 0.29) is 0 Å². The zero-order chi connectivity index (χ0) is 6.69. The van der Waals surface area contributed by atoms with E-state index in [1.54, 1.807) is 6.34 Å². The van der Waals surface area contributed by atoms with Gasteiger partial charge in [-0.3, -0.25) is 0 Å². The second kappa shape index (κ2) is 2.71. The Hall–Kier alpha value is -0.730. The topological polar surface area (TPSA) is 24.8 Å². The lowest BCUT2D eigenvalue weighted by atomic mass is 10.2. The molecule has 0 unspecified atom stereocenters. The predicted molar refractivity (Wildman–Crippen MR) is 36.0 cm³/mol. The Morgan fingerprint density at radius 2 is 2.56 bits per heavy atom. The molecule has 1 heterocycles. The fraction of sp³-hybridized carbons (Fsp3) is 0.833. The van der Waals surface area contributed by atoms with E-state index in [4.69, 9.17) is 4.84 Å². The van der Waals surface area contributed by atoms with Gasteiger partial charge in [0.2, 0.25) is 0 Å². The summed E-state index contributed by atoms with van der Waals surface area (Å²) in [5, 5.41) is 3.62. The first-order valence-corrected chi connectivity index (χ1v) is 3.18. The summed E-state index contributed by atoms with van der Waals surface area (Å²) < 4.78 is 0. The largest absolute Gasteiger partial charge is 0.372 e. The van der Waals surface area contributed by atoms with Crippen LogP contribution in [0, 0.1) is 5.92 Å². The third-order valence-corrected chi connectivity index (χ3v) is 1.11. The Balaban J connectivity index is 2.20. The van der Waals surface area contributed by atoms with E-state index >= 15 is 0 Å². The molecule has 0 amide bonds. The van der Waals surface area contributed by atoms with Crippen LogP contribution in [0.5, 0.6) is 0 Å². The molecule has 1 aliphatic rings. The van der Waals surface area contributed by atoms with Crippen LogP contribution in [0.1, 0.15) is 13.8 Å². The van der Waals surface area contributed by atoms with Gasteiger partial charge in [0.05, 0.1) is 0 Å². The molecule has 0 bridgehead atoms. The van der Waals surface area contributed by atoms with E-state index in [0.717, 1.165) is 6.54 Å². The van der Waals surface area contributed by atoms with Crippen molar-refractivity contribution in [1.29, 1.82) is 0 Å². The first kappa shape index (κ1) is 6.39. The monoisotopic (exact) mass is 128 g/mol. The smallest absolute Gasteiger partial charge is 0.190 e. The molecule has 1 aliphatic heterocycles. The molecule has 0 radical (unpaired) electrons. The molecule has 9 heavy (non-hydrogen) atoms. The zero-order valence-electron chi connectivity index (χ0n) is 5.87. The molecule has 0 aliphatic carbocycles. The number of rotatable bonds is 2. The van der Waals surface area contributed by atoms with Gasteiger partial charge in [-0.05, 0) is 5.92 Å². The summed E-state index contributed by atoms with van der Waals surface area (Å²) in [7, 11) is 0. The Morgan fingerprint density at radius 1 is 1.78 bits per heavy atom. The molecular formula is C6H12N2O. The van der Waals surface area contributed by atoms with Gasteiger partial charge in [0, 0.05) is 6.54 Å². The molecule has 0 spiro atoms. The number of oxime groups is 1. The number of nitrogens with zero attached hydrogens (tertiary/aromatic N) is 2. The van der Waals surface area contributed by atoms with E-state index in [0.29, 0.717) is 12.6 Å². The van der Waals surface area contributed by atoms with Gasteiger partial charge >= 0.3 is 0 Å². The molecule has 0 saturated carbocycles. The number of hydrogen-bond donors (Lipinski definition) is 0. The minimum absolute atomic E-state index is 0.623. The number of hydrogen-bond acceptors (Lipinski definition) is 3.